The highest BCUT2D eigenvalue weighted by Gasteiger charge is 2.51. The first kappa shape index (κ1) is 16.2. The van der Waals surface area contributed by atoms with Gasteiger partial charge in [-0.15, -0.1) is 0 Å². The summed E-state index contributed by atoms with van der Waals surface area (Å²) in [7, 11) is 0. The van der Waals surface area contributed by atoms with Gasteiger partial charge in [0.1, 0.15) is 0 Å². The molecule has 1 amide bonds. The Morgan fingerprint density at radius 2 is 1.72 bits per heavy atom. The van der Waals surface area contributed by atoms with Crippen LogP contribution in [-0.4, -0.2) is 17.0 Å². The Bertz CT molecular complexity index is 676. The first-order valence-electron chi connectivity index (χ1n) is 9.08. The molecule has 0 spiro atoms. The van der Waals surface area contributed by atoms with Crippen LogP contribution < -0.4 is 5.43 Å². The summed E-state index contributed by atoms with van der Waals surface area (Å²) >= 11 is 0. The number of benzene rings is 1. The molecular weight excluding hydrogens is 318 g/mol. The molecule has 4 fully saturated rings. The van der Waals surface area contributed by atoms with Crippen LogP contribution in [0.1, 0.15) is 50.5 Å². The third-order valence-electron chi connectivity index (χ3n) is 6.21. The number of nitrogens with one attached hydrogen (secondary N) is 1. The number of hydrogen-bond acceptors (Lipinski definition) is 4. The molecule has 1 N–H and O–H groups in total. The molecule has 25 heavy (non-hydrogen) atoms. The summed E-state index contributed by atoms with van der Waals surface area (Å²) in [5, 5.41) is 14.7. The Hall–Kier alpha value is -2.24. The quantitative estimate of drug-likeness (QED) is 0.504. The van der Waals surface area contributed by atoms with Crippen molar-refractivity contribution < 1.29 is 9.72 Å². The van der Waals surface area contributed by atoms with Crippen LogP contribution in [0.2, 0.25) is 0 Å². The maximum atomic E-state index is 12.3. The number of hydrazone groups is 1. The first-order valence-corrected chi connectivity index (χ1v) is 9.08. The topological polar surface area (TPSA) is 84.6 Å². The van der Waals surface area contributed by atoms with E-state index < -0.39 is 4.92 Å². The fraction of sp³-hybridized carbons (Fsp3) is 0.579. The number of carbonyl (C=O) groups is 1. The van der Waals surface area contributed by atoms with Gasteiger partial charge in [-0.05, 0) is 79.4 Å². The largest absolute Gasteiger partial charge is 0.273 e. The van der Waals surface area contributed by atoms with Gasteiger partial charge in [-0.2, -0.15) is 5.10 Å². The maximum absolute atomic E-state index is 12.3. The minimum absolute atomic E-state index is 0.0138. The van der Waals surface area contributed by atoms with Crippen molar-refractivity contribution in [3.8, 4) is 0 Å². The van der Waals surface area contributed by atoms with Crippen molar-refractivity contribution in [1.82, 2.24) is 5.43 Å². The van der Waals surface area contributed by atoms with E-state index in [2.05, 4.69) is 10.5 Å². The van der Waals surface area contributed by atoms with Crippen LogP contribution in [0.4, 0.5) is 5.69 Å². The number of non-ortho nitro benzene ring substituents is 1. The zero-order chi connectivity index (χ0) is 17.4. The van der Waals surface area contributed by atoms with E-state index in [1.165, 1.54) is 56.9 Å². The molecule has 5 rings (SSSR count). The molecule has 0 saturated heterocycles. The van der Waals surface area contributed by atoms with Crippen molar-refractivity contribution in [2.75, 3.05) is 0 Å². The van der Waals surface area contributed by atoms with E-state index in [1.807, 2.05) is 0 Å². The van der Waals surface area contributed by atoms with Gasteiger partial charge in [-0.1, -0.05) is 0 Å². The number of carbonyl (C=O) groups excluding carboxylic acids is 1. The van der Waals surface area contributed by atoms with Crippen LogP contribution >= 0.6 is 0 Å². The standard InChI is InChI=1S/C19H23N3O3/c23-18(21-20-12-13-1-3-17(4-2-13)22(24)25)11-19-8-14-5-15(9-19)7-16(6-14)10-19/h1-4,12,14-16H,5-11H2,(H,21,23)/b20-12-. The molecule has 0 aromatic heterocycles. The molecule has 1 aromatic rings. The summed E-state index contributed by atoms with van der Waals surface area (Å²) in [4.78, 5) is 22.5. The molecule has 0 aliphatic heterocycles. The van der Waals surface area contributed by atoms with Crippen molar-refractivity contribution in [2.45, 2.75) is 44.9 Å². The highest BCUT2D eigenvalue weighted by atomic mass is 16.6. The molecule has 132 valence electrons. The number of rotatable bonds is 5. The Kier molecular flexibility index (Phi) is 4.06. The molecule has 4 bridgehead atoms. The van der Waals surface area contributed by atoms with Crippen LogP contribution in [0.3, 0.4) is 0 Å². The highest BCUT2D eigenvalue weighted by Crippen LogP contribution is 2.61. The molecule has 0 radical (unpaired) electrons. The van der Waals surface area contributed by atoms with Crippen LogP contribution in [0, 0.1) is 33.3 Å². The minimum Gasteiger partial charge on any atom is -0.273 e. The van der Waals surface area contributed by atoms with Crippen molar-refractivity contribution >= 4 is 17.8 Å². The van der Waals surface area contributed by atoms with E-state index >= 15 is 0 Å². The lowest BCUT2D eigenvalue weighted by Gasteiger charge is -2.56. The number of nitrogens with zero attached hydrogens (tertiary/aromatic N) is 2. The molecule has 1 aromatic carbocycles. The van der Waals surface area contributed by atoms with Crippen LogP contribution in [-0.2, 0) is 4.79 Å². The van der Waals surface area contributed by atoms with Crippen LogP contribution in [0.5, 0.6) is 0 Å². The second kappa shape index (κ2) is 6.24. The summed E-state index contributed by atoms with van der Waals surface area (Å²) in [6.45, 7) is 0. The van der Waals surface area contributed by atoms with E-state index in [1.54, 1.807) is 12.1 Å². The summed E-state index contributed by atoms with van der Waals surface area (Å²) in [6.07, 6.45) is 9.85. The van der Waals surface area contributed by atoms with Crippen LogP contribution in [0.15, 0.2) is 29.4 Å². The number of hydrogen-bond donors (Lipinski definition) is 1. The fourth-order valence-electron chi connectivity index (χ4n) is 5.75. The Labute approximate surface area is 146 Å². The van der Waals surface area contributed by atoms with Crippen molar-refractivity contribution in [3.63, 3.8) is 0 Å². The summed E-state index contributed by atoms with van der Waals surface area (Å²) in [6, 6.07) is 6.09. The molecule has 4 saturated carbocycles. The van der Waals surface area contributed by atoms with Gasteiger partial charge in [0.05, 0.1) is 11.1 Å². The van der Waals surface area contributed by atoms with Gasteiger partial charge < -0.3 is 0 Å². The molecule has 0 atom stereocenters. The van der Waals surface area contributed by atoms with Crippen molar-refractivity contribution in [1.29, 1.82) is 0 Å². The van der Waals surface area contributed by atoms with Gasteiger partial charge in [0, 0.05) is 18.6 Å². The molecule has 4 aliphatic carbocycles. The summed E-state index contributed by atoms with van der Waals surface area (Å²) < 4.78 is 0. The predicted octanol–water partition coefficient (Wildman–Crippen LogP) is 3.65. The second-order valence-corrected chi connectivity index (χ2v) is 8.24. The normalized spacial score (nSPS) is 32.9. The lowest BCUT2D eigenvalue weighted by molar-refractivity contribution is -0.384. The van der Waals surface area contributed by atoms with Gasteiger partial charge >= 0.3 is 0 Å². The van der Waals surface area contributed by atoms with Gasteiger partial charge in [0.25, 0.3) is 5.69 Å². The average Bonchev–Trinajstić information content (AvgIpc) is 2.53. The lowest BCUT2D eigenvalue weighted by Crippen LogP contribution is -2.47. The lowest BCUT2D eigenvalue weighted by atomic mass is 9.49. The molecule has 6 nitrogen and oxygen atoms in total. The molecular formula is C19H23N3O3. The number of amides is 1. The third-order valence-corrected chi connectivity index (χ3v) is 6.21. The van der Waals surface area contributed by atoms with Gasteiger partial charge in [0.2, 0.25) is 5.91 Å². The molecule has 4 aliphatic rings. The zero-order valence-electron chi connectivity index (χ0n) is 14.2. The SMILES string of the molecule is O=C(CC12CC3CC(CC(C3)C1)C2)N/N=C\c1ccc([N+](=O)[O-])cc1. The monoisotopic (exact) mass is 341 g/mol. The number of nitro groups is 1. The second-order valence-electron chi connectivity index (χ2n) is 8.24. The Morgan fingerprint density at radius 1 is 1.16 bits per heavy atom. The zero-order valence-corrected chi connectivity index (χ0v) is 14.2. The van der Waals surface area contributed by atoms with Gasteiger partial charge in [0.15, 0.2) is 0 Å². The molecule has 0 unspecified atom stereocenters. The minimum atomic E-state index is -0.436. The fourth-order valence-corrected chi connectivity index (χ4v) is 5.75. The molecule has 0 heterocycles. The van der Waals surface area contributed by atoms with E-state index in [-0.39, 0.29) is 17.0 Å². The predicted molar refractivity (Wildman–Crippen MR) is 94.1 cm³/mol. The van der Waals surface area contributed by atoms with E-state index in [0.717, 1.165) is 23.3 Å². The van der Waals surface area contributed by atoms with Crippen molar-refractivity contribution in [3.05, 3.63) is 39.9 Å². The number of nitro benzene ring substituents is 1. The van der Waals surface area contributed by atoms with Gasteiger partial charge in [-0.25, -0.2) is 5.43 Å². The Morgan fingerprint density at radius 3 is 2.24 bits per heavy atom. The average molecular weight is 341 g/mol. The van der Waals surface area contributed by atoms with E-state index in [4.69, 9.17) is 0 Å². The van der Waals surface area contributed by atoms with Gasteiger partial charge in [-0.3, -0.25) is 14.9 Å². The van der Waals surface area contributed by atoms with E-state index in [9.17, 15) is 14.9 Å². The third kappa shape index (κ3) is 3.43. The van der Waals surface area contributed by atoms with E-state index in [0.29, 0.717) is 6.42 Å². The Balaban J connectivity index is 1.33. The smallest absolute Gasteiger partial charge is 0.269 e. The maximum Gasteiger partial charge on any atom is 0.269 e. The van der Waals surface area contributed by atoms with Crippen molar-refractivity contribution in [2.24, 2.45) is 28.3 Å². The molecule has 6 heteroatoms. The first-order chi connectivity index (χ1) is 12.0. The summed E-state index contributed by atoms with van der Waals surface area (Å²) in [5.41, 5.74) is 3.62. The summed E-state index contributed by atoms with van der Waals surface area (Å²) in [5.74, 6) is 2.49. The highest BCUT2D eigenvalue weighted by molar-refractivity contribution is 5.82. The van der Waals surface area contributed by atoms with Crippen LogP contribution in [0.25, 0.3) is 0 Å².